The summed E-state index contributed by atoms with van der Waals surface area (Å²) in [6, 6.07) is 6.13. The number of hydrogen-bond donors (Lipinski definition) is 3. The molecule has 0 fully saturated rings. The van der Waals surface area contributed by atoms with Gasteiger partial charge in [-0.2, -0.15) is 10.2 Å². The number of imidazole rings is 1. The van der Waals surface area contributed by atoms with E-state index in [2.05, 4.69) is 73.9 Å². The van der Waals surface area contributed by atoms with Crippen molar-refractivity contribution in [1.29, 1.82) is 0 Å². The third-order valence-electron chi connectivity index (χ3n) is 6.88. The zero-order valence-corrected chi connectivity index (χ0v) is 20.9. The molecule has 9 heteroatoms. The Balaban J connectivity index is 1.27. The van der Waals surface area contributed by atoms with Gasteiger partial charge in [-0.25, -0.2) is 15.0 Å². The third kappa shape index (κ3) is 3.90. The molecule has 2 atom stereocenters. The van der Waals surface area contributed by atoms with Gasteiger partial charge in [-0.1, -0.05) is 27.7 Å². The van der Waals surface area contributed by atoms with Crippen molar-refractivity contribution in [3.05, 3.63) is 71.7 Å². The van der Waals surface area contributed by atoms with E-state index in [-0.39, 0.29) is 11.8 Å². The number of aromatic amines is 3. The highest BCUT2D eigenvalue weighted by atomic mass is 15.1. The summed E-state index contributed by atoms with van der Waals surface area (Å²) >= 11 is 0. The summed E-state index contributed by atoms with van der Waals surface area (Å²) in [7, 11) is 0. The lowest BCUT2D eigenvalue weighted by Crippen LogP contribution is -2.05. The van der Waals surface area contributed by atoms with Crippen molar-refractivity contribution in [2.75, 3.05) is 0 Å². The van der Waals surface area contributed by atoms with Crippen LogP contribution in [0.15, 0.2) is 43.1 Å². The maximum absolute atomic E-state index is 4.89. The number of hydrogen-bond acceptors (Lipinski definition) is 6. The lowest BCUT2D eigenvalue weighted by atomic mass is 10.0. The van der Waals surface area contributed by atoms with Crippen LogP contribution in [0.5, 0.6) is 0 Å². The van der Waals surface area contributed by atoms with Crippen LogP contribution in [0.3, 0.4) is 0 Å². The van der Waals surface area contributed by atoms with E-state index < -0.39 is 0 Å². The summed E-state index contributed by atoms with van der Waals surface area (Å²) in [6.07, 6.45) is 8.76. The molecule has 9 nitrogen and oxygen atoms in total. The summed E-state index contributed by atoms with van der Waals surface area (Å²) in [4.78, 5) is 29.0. The number of nitrogens with zero attached hydrogens (tertiary/aromatic N) is 6. The number of fused-ring (bicyclic) bond motifs is 3. The van der Waals surface area contributed by atoms with Gasteiger partial charge in [0, 0.05) is 41.7 Å². The Kier molecular flexibility index (Phi) is 5.47. The molecule has 0 aliphatic rings. The van der Waals surface area contributed by atoms with Gasteiger partial charge >= 0.3 is 0 Å². The smallest absolute Gasteiger partial charge is 0.116 e. The summed E-state index contributed by atoms with van der Waals surface area (Å²) in [5, 5.41) is 9.68. The van der Waals surface area contributed by atoms with Gasteiger partial charge in [0.1, 0.15) is 17.7 Å². The van der Waals surface area contributed by atoms with E-state index in [1.807, 2.05) is 24.5 Å². The van der Waals surface area contributed by atoms with E-state index >= 15 is 0 Å². The maximum atomic E-state index is 4.89. The topological polar surface area (TPSA) is 125 Å². The Morgan fingerprint density at radius 3 is 2.58 bits per heavy atom. The van der Waals surface area contributed by atoms with Crippen molar-refractivity contribution >= 4 is 33.0 Å². The minimum atomic E-state index is 0.147. The number of aromatic nitrogens is 9. The first-order chi connectivity index (χ1) is 17.5. The number of rotatable bonds is 7. The minimum Gasteiger partial charge on any atom is -0.360 e. The molecule has 0 aliphatic heterocycles. The second kappa shape index (κ2) is 8.82. The Morgan fingerprint density at radius 1 is 0.861 bits per heavy atom. The van der Waals surface area contributed by atoms with Gasteiger partial charge in [0.2, 0.25) is 0 Å². The van der Waals surface area contributed by atoms with Gasteiger partial charge in [-0.15, -0.1) is 0 Å². The lowest BCUT2D eigenvalue weighted by molar-refractivity contribution is 0.702. The van der Waals surface area contributed by atoms with Crippen molar-refractivity contribution in [3.63, 3.8) is 0 Å². The highest BCUT2D eigenvalue weighted by Crippen LogP contribution is 2.29. The van der Waals surface area contributed by atoms with E-state index in [0.29, 0.717) is 5.92 Å². The number of pyridine rings is 1. The molecule has 0 bridgehead atoms. The molecule has 2 unspecified atom stereocenters. The van der Waals surface area contributed by atoms with Gasteiger partial charge in [0.15, 0.2) is 0 Å². The van der Waals surface area contributed by atoms with E-state index in [4.69, 9.17) is 4.98 Å². The highest BCUT2D eigenvalue weighted by molar-refractivity contribution is 5.81. The number of H-pyrrole nitrogens is 3. The van der Waals surface area contributed by atoms with E-state index in [1.165, 1.54) is 0 Å². The molecule has 6 heterocycles. The van der Waals surface area contributed by atoms with E-state index in [0.717, 1.165) is 74.4 Å². The fraction of sp³-hybridized carbons (Fsp3) is 0.333. The maximum Gasteiger partial charge on any atom is 0.116 e. The van der Waals surface area contributed by atoms with Crippen LogP contribution in [-0.2, 0) is 12.8 Å². The third-order valence-corrected chi connectivity index (χ3v) is 6.88. The largest absolute Gasteiger partial charge is 0.360 e. The van der Waals surface area contributed by atoms with Crippen LogP contribution in [0.4, 0.5) is 0 Å². The fourth-order valence-corrected chi connectivity index (χ4v) is 5.09. The standard InChI is InChI=1S/C27H29N9/c1-14(2)22-26-19(6-8-28-22)34-21(35-26)10-16(4)23-27-20(30-13-31-23)11-18(33-27)9-15(3)24-25-17(5-7-29-25)12-32-36-24/h5-8,11-16,29,33H,9-10H2,1-4H3,(H,34,35). The van der Waals surface area contributed by atoms with Gasteiger partial charge in [-0.05, 0) is 30.5 Å². The van der Waals surface area contributed by atoms with Gasteiger partial charge < -0.3 is 15.0 Å². The van der Waals surface area contributed by atoms with Gasteiger partial charge in [-0.3, -0.25) is 4.98 Å². The van der Waals surface area contributed by atoms with Crippen LogP contribution >= 0.6 is 0 Å². The van der Waals surface area contributed by atoms with Crippen LogP contribution < -0.4 is 0 Å². The average molecular weight is 480 g/mol. The van der Waals surface area contributed by atoms with Gasteiger partial charge in [0.05, 0.1) is 45.3 Å². The first kappa shape index (κ1) is 22.3. The summed E-state index contributed by atoms with van der Waals surface area (Å²) in [6.45, 7) is 8.64. The molecule has 0 radical (unpaired) electrons. The Morgan fingerprint density at radius 2 is 1.72 bits per heavy atom. The van der Waals surface area contributed by atoms with Crippen molar-refractivity contribution in [1.82, 2.24) is 45.1 Å². The molecular weight excluding hydrogens is 450 g/mol. The highest BCUT2D eigenvalue weighted by Gasteiger charge is 2.20. The van der Waals surface area contributed by atoms with Crippen molar-refractivity contribution in [2.24, 2.45) is 0 Å². The quantitative estimate of drug-likeness (QED) is 0.285. The molecule has 0 saturated heterocycles. The molecule has 3 N–H and O–H groups in total. The van der Waals surface area contributed by atoms with Crippen LogP contribution in [0.25, 0.3) is 33.0 Å². The Labute approximate surface area is 208 Å². The second-order valence-corrected chi connectivity index (χ2v) is 9.99. The molecule has 0 aliphatic carbocycles. The average Bonchev–Trinajstić information content (AvgIpc) is 3.60. The van der Waals surface area contributed by atoms with E-state index in [1.54, 1.807) is 12.5 Å². The molecule has 6 rings (SSSR count). The van der Waals surface area contributed by atoms with Crippen molar-refractivity contribution in [2.45, 2.75) is 58.3 Å². The van der Waals surface area contributed by atoms with Crippen LogP contribution in [-0.4, -0.2) is 45.1 Å². The molecular formula is C27H29N9. The molecule has 0 amide bonds. The lowest BCUT2D eigenvalue weighted by Gasteiger charge is -2.11. The molecule has 0 spiro atoms. The predicted molar refractivity (Wildman–Crippen MR) is 140 cm³/mol. The zero-order valence-electron chi connectivity index (χ0n) is 20.9. The fourth-order valence-electron chi connectivity index (χ4n) is 5.09. The van der Waals surface area contributed by atoms with Crippen LogP contribution in [0.2, 0.25) is 0 Å². The first-order valence-corrected chi connectivity index (χ1v) is 12.4. The second-order valence-electron chi connectivity index (χ2n) is 9.99. The summed E-state index contributed by atoms with van der Waals surface area (Å²) < 4.78 is 0. The zero-order chi connectivity index (χ0) is 24.8. The van der Waals surface area contributed by atoms with Crippen LogP contribution in [0, 0.1) is 0 Å². The molecule has 36 heavy (non-hydrogen) atoms. The van der Waals surface area contributed by atoms with Crippen LogP contribution in [0.1, 0.15) is 74.0 Å². The van der Waals surface area contributed by atoms with Crippen molar-refractivity contribution in [3.8, 4) is 0 Å². The van der Waals surface area contributed by atoms with Crippen molar-refractivity contribution < 1.29 is 0 Å². The summed E-state index contributed by atoms with van der Waals surface area (Å²) in [5.74, 6) is 1.59. The molecule has 0 saturated carbocycles. The number of nitrogens with one attached hydrogen (secondary N) is 3. The summed E-state index contributed by atoms with van der Waals surface area (Å²) in [5.41, 5.74) is 9.03. The Bertz CT molecular complexity index is 1670. The molecule has 182 valence electrons. The Hall–Kier alpha value is -4.14. The normalized spacial score (nSPS) is 13.8. The minimum absolute atomic E-state index is 0.147. The monoisotopic (exact) mass is 479 g/mol. The molecule has 6 aromatic heterocycles. The molecule has 6 aromatic rings. The SMILES string of the molecule is CC(C)c1nccc2[nH]c(CC(C)c3ncnc4cc(CC(C)c5nncc6cc[nH]c56)[nH]c34)nc12. The van der Waals surface area contributed by atoms with E-state index in [9.17, 15) is 0 Å². The predicted octanol–water partition coefficient (Wildman–Crippen LogP) is 5.32. The van der Waals surface area contributed by atoms with Gasteiger partial charge in [0.25, 0.3) is 0 Å². The first-order valence-electron chi connectivity index (χ1n) is 12.4. The molecule has 0 aromatic carbocycles.